The molecule has 0 aromatic heterocycles. The molecular weight excluding hydrogens is 430 g/mol. The maximum atomic E-state index is 13.9. The lowest BCUT2D eigenvalue weighted by molar-refractivity contribution is -0.139. The largest absolute Gasteiger partial charge is 0.508 e. The number of phenols is 1. The van der Waals surface area contributed by atoms with Crippen molar-refractivity contribution >= 4 is 12.0 Å². The second kappa shape index (κ2) is 10.5. The summed E-state index contributed by atoms with van der Waals surface area (Å²) in [4.78, 5) is 32.9. The molecule has 0 unspecified atom stereocenters. The Labute approximate surface area is 205 Å². The van der Waals surface area contributed by atoms with Crippen molar-refractivity contribution in [3.63, 3.8) is 0 Å². The van der Waals surface area contributed by atoms with Crippen molar-refractivity contribution in [2.45, 2.75) is 85.0 Å². The fraction of sp³-hybridized carbons (Fsp3) is 0.704. The molecule has 1 saturated heterocycles. The maximum Gasteiger partial charge on any atom is 0.411 e. The number of hydrogen-bond donors (Lipinski definition) is 1. The number of piperidine rings is 1. The number of carbonyl (C=O) groups is 2. The van der Waals surface area contributed by atoms with E-state index in [2.05, 4.69) is 25.7 Å². The minimum absolute atomic E-state index is 0.0580. The van der Waals surface area contributed by atoms with E-state index >= 15 is 0 Å². The zero-order valence-electron chi connectivity index (χ0n) is 22.0. The molecule has 2 atom stereocenters. The van der Waals surface area contributed by atoms with Crippen LogP contribution in [0.15, 0.2) is 18.2 Å². The fourth-order valence-corrected chi connectivity index (χ4v) is 4.99. The summed E-state index contributed by atoms with van der Waals surface area (Å²) in [6, 6.07) is 4.58. The minimum Gasteiger partial charge on any atom is -0.508 e. The molecule has 2 amide bonds. The first-order chi connectivity index (χ1) is 15.9. The highest BCUT2D eigenvalue weighted by Crippen LogP contribution is 2.30. The summed E-state index contributed by atoms with van der Waals surface area (Å²) in [6.45, 7) is 15.3. The van der Waals surface area contributed by atoms with Crippen molar-refractivity contribution in [1.82, 2.24) is 14.7 Å². The van der Waals surface area contributed by atoms with E-state index < -0.39 is 17.7 Å². The van der Waals surface area contributed by atoms with E-state index in [1.807, 2.05) is 38.8 Å². The van der Waals surface area contributed by atoms with Gasteiger partial charge in [-0.25, -0.2) is 4.79 Å². The Bertz CT molecular complexity index is 871. The first-order valence-electron chi connectivity index (χ1n) is 12.6. The van der Waals surface area contributed by atoms with Crippen LogP contribution in [-0.4, -0.2) is 76.2 Å². The summed E-state index contributed by atoms with van der Waals surface area (Å²) in [7, 11) is 1.87. The molecule has 1 N–H and O–H groups in total. The predicted molar refractivity (Wildman–Crippen MR) is 134 cm³/mol. The molecule has 0 radical (unpaired) electrons. The standard InChI is InChI=1S/C27H43N3O4/c1-18(2)24(17-29-12-10-19(3)11-13-29)28(7)25(32)23-15-20-8-9-22(31)14-21(20)16-30(23)26(33)34-27(4,5)6/h8-9,14,18-19,23-24,31H,10-13,15-17H2,1-7H3/t23-,24-/m1/s1. The third-order valence-electron chi connectivity index (χ3n) is 7.17. The number of fused-ring (bicyclic) bond motifs is 1. The van der Waals surface area contributed by atoms with E-state index in [9.17, 15) is 14.7 Å². The van der Waals surface area contributed by atoms with Gasteiger partial charge in [-0.15, -0.1) is 0 Å². The summed E-state index contributed by atoms with van der Waals surface area (Å²) >= 11 is 0. The molecule has 1 aromatic carbocycles. The Kier molecular flexibility index (Phi) is 8.17. The van der Waals surface area contributed by atoms with Gasteiger partial charge in [0.05, 0.1) is 6.54 Å². The Morgan fingerprint density at radius 3 is 2.41 bits per heavy atom. The van der Waals surface area contributed by atoms with Crippen molar-refractivity contribution in [2.75, 3.05) is 26.7 Å². The third-order valence-corrected chi connectivity index (χ3v) is 7.17. The maximum absolute atomic E-state index is 13.9. The normalized spacial score (nSPS) is 20.7. The van der Waals surface area contributed by atoms with Crippen molar-refractivity contribution < 1.29 is 19.4 Å². The lowest BCUT2D eigenvalue weighted by atomic mass is 9.92. The SMILES string of the molecule is CC1CCN(C[C@H](C(C)C)N(C)C(=O)[C@H]2Cc3ccc(O)cc3CN2C(=O)OC(C)(C)C)CC1. The summed E-state index contributed by atoms with van der Waals surface area (Å²) < 4.78 is 5.67. The van der Waals surface area contributed by atoms with E-state index in [1.165, 1.54) is 17.7 Å². The van der Waals surface area contributed by atoms with E-state index in [-0.39, 0.29) is 30.2 Å². The number of ether oxygens (including phenoxy) is 1. The van der Waals surface area contributed by atoms with E-state index in [4.69, 9.17) is 4.74 Å². The summed E-state index contributed by atoms with van der Waals surface area (Å²) in [5.74, 6) is 1.14. The van der Waals surface area contributed by atoms with E-state index in [0.29, 0.717) is 6.42 Å². The topological polar surface area (TPSA) is 73.3 Å². The highest BCUT2D eigenvalue weighted by Gasteiger charge is 2.40. The fourth-order valence-electron chi connectivity index (χ4n) is 4.99. The summed E-state index contributed by atoms with van der Waals surface area (Å²) in [5.41, 5.74) is 1.16. The number of amides is 2. The average molecular weight is 474 g/mol. The molecule has 1 fully saturated rings. The molecule has 7 nitrogen and oxygen atoms in total. The van der Waals surface area contributed by atoms with Gasteiger partial charge in [0.2, 0.25) is 5.91 Å². The second-order valence-corrected chi connectivity index (χ2v) is 11.5. The number of likely N-dealkylation sites (N-methyl/N-ethyl adjacent to an activating group) is 1. The van der Waals surface area contributed by atoms with Crippen LogP contribution in [0, 0.1) is 11.8 Å². The number of nitrogens with zero attached hydrogens (tertiary/aromatic N) is 3. The smallest absolute Gasteiger partial charge is 0.411 e. The quantitative estimate of drug-likeness (QED) is 0.691. The van der Waals surface area contributed by atoms with Gasteiger partial charge in [0.1, 0.15) is 17.4 Å². The Morgan fingerprint density at radius 1 is 1.18 bits per heavy atom. The number of benzene rings is 1. The van der Waals surface area contributed by atoms with Gasteiger partial charge in [0.15, 0.2) is 0 Å². The number of carbonyl (C=O) groups excluding carboxylic acids is 2. The van der Waals surface area contributed by atoms with Crippen LogP contribution in [0.25, 0.3) is 0 Å². The van der Waals surface area contributed by atoms with Crippen LogP contribution in [-0.2, 0) is 22.5 Å². The molecule has 2 aliphatic rings. The number of likely N-dealkylation sites (tertiary alicyclic amines) is 1. The highest BCUT2D eigenvalue weighted by molar-refractivity contribution is 5.87. The van der Waals surface area contributed by atoms with E-state index in [0.717, 1.165) is 36.7 Å². The van der Waals surface area contributed by atoms with Gasteiger partial charge in [0, 0.05) is 26.1 Å². The number of phenolic OH excluding ortho intramolecular Hbond substituents is 1. The molecule has 2 aliphatic heterocycles. The lowest BCUT2D eigenvalue weighted by Crippen LogP contribution is -2.58. The molecule has 7 heteroatoms. The summed E-state index contributed by atoms with van der Waals surface area (Å²) in [5, 5.41) is 9.95. The van der Waals surface area contributed by atoms with Gasteiger partial charge >= 0.3 is 6.09 Å². The van der Waals surface area contributed by atoms with Crippen LogP contribution in [0.2, 0.25) is 0 Å². The zero-order valence-corrected chi connectivity index (χ0v) is 22.0. The molecule has 3 rings (SSSR count). The van der Waals surface area contributed by atoms with Gasteiger partial charge in [-0.05, 0) is 81.8 Å². The molecule has 1 aromatic rings. The predicted octanol–water partition coefficient (Wildman–Crippen LogP) is 4.27. The molecular formula is C27H43N3O4. The van der Waals surface area contributed by atoms with Crippen molar-refractivity contribution in [2.24, 2.45) is 11.8 Å². The molecule has 2 heterocycles. The van der Waals surface area contributed by atoms with Gasteiger partial charge in [-0.3, -0.25) is 9.69 Å². The van der Waals surface area contributed by atoms with Crippen LogP contribution < -0.4 is 0 Å². The molecule has 0 spiro atoms. The van der Waals surface area contributed by atoms with Gasteiger partial charge in [0.25, 0.3) is 0 Å². The molecule has 34 heavy (non-hydrogen) atoms. The van der Waals surface area contributed by atoms with Crippen LogP contribution >= 0.6 is 0 Å². The number of rotatable bonds is 5. The van der Waals surface area contributed by atoms with Crippen molar-refractivity contribution in [3.8, 4) is 5.75 Å². The first-order valence-corrected chi connectivity index (χ1v) is 12.6. The highest BCUT2D eigenvalue weighted by atomic mass is 16.6. The average Bonchev–Trinajstić information content (AvgIpc) is 2.75. The molecule has 0 saturated carbocycles. The van der Waals surface area contributed by atoms with Gasteiger partial charge in [-0.1, -0.05) is 26.8 Å². The molecule has 190 valence electrons. The van der Waals surface area contributed by atoms with Crippen LogP contribution in [0.4, 0.5) is 4.79 Å². The monoisotopic (exact) mass is 473 g/mol. The van der Waals surface area contributed by atoms with Crippen molar-refractivity contribution in [3.05, 3.63) is 29.3 Å². The van der Waals surface area contributed by atoms with Crippen LogP contribution in [0.3, 0.4) is 0 Å². The van der Waals surface area contributed by atoms with Crippen LogP contribution in [0.1, 0.15) is 65.5 Å². The Morgan fingerprint density at radius 2 is 1.82 bits per heavy atom. The lowest BCUT2D eigenvalue weighted by Gasteiger charge is -2.42. The number of aromatic hydroxyl groups is 1. The van der Waals surface area contributed by atoms with E-state index in [1.54, 1.807) is 12.1 Å². The number of hydrogen-bond acceptors (Lipinski definition) is 5. The van der Waals surface area contributed by atoms with Crippen LogP contribution in [0.5, 0.6) is 5.75 Å². The summed E-state index contributed by atoms with van der Waals surface area (Å²) in [6.07, 6.45) is 2.30. The van der Waals surface area contributed by atoms with Crippen molar-refractivity contribution in [1.29, 1.82) is 0 Å². The van der Waals surface area contributed by atoms with Gasteiger partial charge < -0.3 is 19.6 Å². The zero-order chi connectivity index (χ0) is 25.2. The third kappa shape index (κ3) is 6.44. The minimum atomic E-state index is -0.665. The second-order valence-electron chi connectivity index (χ2n) is 11.5. The Balaban J connectivity index is 1.83. The molecule has 0 bridgehead atoms. The van der Waals surface area contributed by atoms with Gasteiger partial charge in [-0.2, -0.15) is 0 Å². The molecule has 0 aliphatic carbocycles. The first kappa shape index (κ1) is 26.3. The Hall–Kier alpha value is -2.28.